The van der Waals surface area contributed by atoms with Crippen LogP contribution in [0, 0.1) is 11.8 Å². The molecular weight excluding hydrogens is 252 g/mol. The molecule has 1 N–H and O–H groups in total. The van der Waals surface area contributed by atoms with E-state index in [0.29, 0.717) is 11.8 Å². The topological polar surface area (TPSA) is 20.2 Å². The smallest absolute Gasteiger partial charge is 0.0915 e. The third kappa shape index (κ3) is 3.18. The van der Waals surface area contributed by atoms with Gasteiger partial charge in [0, 0.05) is 10.3 Å². The van der Waals surface area contributed by atoms with E-state index in [2.05, 4.69) is 57.3 Å². The van der Waals surface area contributed by atoms with Crippen molar-refractivity contribution < 1.29 is 5.11 Å². The molecule has 0 unspecified atom stereocenters. The normalized spacial score (nSPS) is 12.8. The van der Waals surface area contributed by atoms with Gasteiger partial charge in [-0.25, -0.2) is 0 Å². The molecule has 1 aromatic carbocycles. The summed E-state index contributed by atoms with van der Waals surface area (Å²) in [6.45, 7) is 8.72. The molecule has 0 radical (unpaired) electrons. The van der Waals surface area contributed by atoms with Crippen molar-refractivity contribution in [2.45, 2.75) is 46.1 Å². The Kier molecular flexibility index (Phi) is 4.32. The van der Waals surface area contributed by atoms with Crippen molar-refractivity contribution in [3.63, 3.8) is 0 Å². The third-order valence-corrected chi connectivity index (χ3v) is 4.44. The summed E-state index contributed by atoms with van der Waals surface area (Å²) in [6.07, 6.45) is 1.64. The summed E-state index contributed by atoms with van der Waals surface area (Å²) >= 11 is 1.73. The molecule has 0 saturated carbocycles. The largest absolute Gasteiger partial charge is 0.385 e. The van der Waals surface area contributed by atoms with Gasteiger partial charge in [0.15, 0.2) is 0 Å². The Hall–Kier alpha value is -0.860. The molecule has 2 aromatic rings. The molecule has 0 bridgehead atoms. The molecular formula is C17H24OS. The number of hydrogen-bond acceptors (Lipinski definition) is 2. The molecule has 1 aromatic heterocycles. The van der Waals surface area contributed by atoms with Crippen LogP contribution in [-0.2, 0) is 5.60 Å². The second-order valence-corrected chi connectivity index (χ2v) is 7.29. The van der Waals surface area contributed by atoms with E-state index < -0.39 is 5.60 Å². The molecule has 0 atom stereocenters. The highest BCUT2D eigenvalue weighted by Crippen LogP contribution is 2.40. The zero-order valence-corrected chi connectivity index (χ0v) is 13.1. The fraction of sp³-hybridized carbons (Fsp3) is 0.529. The van der Waals surface area contributed by atoms with E-state index >= 15 is 0 Å². The van der Waals surface area contributed by atoms with Crippen molar-refractivity contribution in [3.05, 3.63) is 35.2 Å². The fourth-order valence-corrected chi connectivity index (χ4v) is 4.02. The Morgan fingerprint density at radius 1 is 1.05 bits per heavy atom. The van der Waals surface area contributed by atoms with Gasteiger partial charge < -0.3 is 5.11 Å². The molecule has 19 heavy (non-hydrogen) atoms. The molecule has 0 spiro atoms. The summed E-state index contributed by atoms with van der Waals surface area (Å²) in [4.78, 5) is 0. The van der Waals surface area contributed by atoms with Crippen molar-refractivity contribution in [2.24, 2.45) is 11.8 Å². The summed E-state index contributed by atoms with van der Waals surface area (Å²) in [7, 11) is 0. The van der Waals surface area contributed by atoms with Gasteiger partial charge in [-0.2, -0.15) is 0 Å². The van der Waals surface area contributed by atoms with E-state index in [0.717, 1.165) is 18.4 Å². The third-order valence-electron chi connectivity index (χ3n) is 3.47. The monoisotopic (exact) mass is 276 g/mol. The number of fused-ring (bicyclic) bond motifs is 1. The Bertz CT molecular complexity index is 529. The van der Waals surface area contributed by atoms with Crippen LogP contribution in [0.2, 0.25) is 0 Å². The van der Waals surface area contributed by atoms with E-state index in [4.69, 9.17) is 0 Å². The zero-order valence-electron chi connectivity index (χ0n) is 12.3. The van der Waals surface area contributed by atoms with Gasteiger partial charge in [0.2, 0.25) is 0 Å². The lowest BCUT2D eigenvalue weighted by Gasteiger charge is -2.32. The van der Waals surface area contributed by atoms with Crippen molar-refractivity contribution in [3.8, 4) is 0 Å². The lowest BCUT2D eigenvalue weighted by molar-refractivity contribution is -0.00298. The fourth-order valence-electron chi connectivity index (χ4n) is 3.01. The molecule has 0 amide bonds. The first kappa shape index (κ1) is 14.5. The maximum atomic E-state index is 11.2. The van der Waals surface area contributed by atoms with Crippen LogP contribution in [0.25, 0.3) is 10.1 Å². The van der Waals surface area contributed by atoms with E-state index in [-0.39, 0.29) is 0 Å². The van der Waals surface area contributed by atoms with Gasteiger partial charge in [-0.05, 0) is 41.5 Å². The minimum Gasteiger partial charge on any atom is -0.385 e. The number of thiophene rings is 1. The second kappa shape index (κ2) is 5.64. The Balaban J connectivity index is 2.50. The molecule has 1 nitrogen and oxygen atoms in total. The Morgan fingerprint density at radius 3 is 2.26 bits per heavy atom. The van der Waals surface area contributed by atoms with Crippen molar-refractivity contribution in [2.75, 3.05) is 0 Å². The van der Waals surface area contributed by atoms with Gasteiger partial charge in [0.25, 0.3) is 0 Å². The Labute approximate surface area is 120 Å². The number of rotatable bonds is 5. The van der Waals surface area contributed by atoms with Crippen molar-refractivity contribution in [1.82, 2.24) is 0 Å². The molecule has 1 heterocycles. The van der Waals surface area contributed by atoms with Gasteiger partial charge in [0.05, 0.1) is 5.60 Å². The maximum Gasteiger partial charge on any atom is 0.0915 e. The van der Waals surface area contributed by atoms with Crippen LogP contribution in [0.4, 0.5) is 0 Å². The van der Waals surface area contributed by atoms with Crippen LogP contribution in [-0.4, -0.2) is 5.11 Å². The molecule has 2 heteroatoms. The minimum absolute atomic E-state index is 0.485. The van der Waals surface area contributed by atoms with Gasteiger partial charge in [-0.3, -0.25) is 0 Å². The predicted molar refractivity (Wildman–Crippen MR) is 84.6 cm³/mol. The predicted octanol–water partition coefficient (Wildman–Crippen LogP) is 5.18. The number of benzene rings is 1. The summed E-state index contributed by atoms with van der Waals surface area (Å²) in [5, 5.41) is 14.6. The molecule has 0 aliphatic heterocycles. The second-order valence-electron chi connectivity index (χ2n) is 6.37. The highest BCUT2D eigenvalue weighted by molar-refractivity contribution is 7.17. The van der Waals surface area contributed by atoms with Gasteiger partial charge >= 0.3 is 0 Å². The van der Waals surface area contributed by atoms with Crippen LogP contribution < -0.4 is 0 Å². The zero-order chi connectivity index (χ0) is 14.0. The van der Waals surface area contributed by atoms with E-state index in [1.165, 1.54) is 10.1 Å². The van der Waals surface area contributed by atoms with Gasteiger partial charge in [0.1, 0.15) is 0 Å². The van der Waals surface area contributed by atoms with Crippen LogP contribution in [0.1, 0.15) is 46.1 Å². The lowest BCUT2D eigenvalue weighted by atomic mass is 9.79. The van der Waals surface area contributed by atoms with E-state index in [1.807, 2.05) is 0 Å². The highest BCUT2D eigenvalue weighted by atomic mass is 32.1. The first-order valence-electron chi connectivity index (χ1n) is 7.11. The van der Waals surface area contributed by atoms with Crippen LogP contribution in [0.3, 0.4) is 0 Å². The molecule has 2 rings (SSSR count). The molecule has 0 aliphatic carbocycles. The number of aliphatic hydroxyl groups is 1. The first-order chi connectivity index (χ1) is 8.92. The average molecular weight is 276 g/mol. The van der Waals surface area contributed by atoms with Crippen LogP contribution >= 0.6 is 11.3 Å². The lowest BCUT2D eigenvalue weighted by Crippen LogP contribution is -2.29. The summed E-state index contributed by atoms with van der Waals surface area (Å²) in [5.41, 5.74) is 0.412. The van der Waals surface area contributed by atoms with Gasteiger partial charge in [-0.15, -0.1) is 11.3 Å². The Morgan fingerprint density at radius 2 is 1.68 bits per heavy atom. The van der Waals surface area contributed by atoms with Crippen molar-refractivity contribution >= 4 is 21.4 Å². The summed E-state index contributed by atoms with van der Waals surface area (Å²) in [5.74, 6) is 0.970. The molecule has 0 aliphatic rings. The van der Waals surface area contributed by atoms with E-state index in [1.54, 1.807) is 11.3 Å². The first-order valence-corrected chi connectivity index (χ1v) is 7.99. The van der Waals surface area contributed by atoms with E-state index in [9.17, 15) is 5.11 Å². The molecule has 104 valence electrons. The number of hydrogen-bond donors (Lipinski definition) is 1. The van der Waals surface area contributed by atoms with Crippen LogP contribution in [0.5, 0.6) is 0 Å². The minimum atomic E-state index is -0.702. The quantitative estimate of drug-likeness (QED) is 0.797. The van der Waals surface area contributed by atoms with Crippen LogP contribution in [0.15, 0.2) is 29.6 Å². The SMILES string of the molecule is CC(C)CC(O)(CC(C)C)c1cccc2ccsc12. The average Bonchev–Trinajstić information content (AvgIpc) is 2.73. The van der Waals surface area contributed by atoms with Crippen molar-refractivity contribution in [1.29, 1.82) is 0 Å². The molecule has 0 fully saturated rings. The molecule has 0 saturated heterocycles. The maximum absolute atomic E-state index is 11.2. The van der Waals surface area contributed by atoms with Gasteiger partial charge in [-0.1, -0.05) is 45.9 Å². The highest BCUT2D eigenvalue weighted by Gasteiger charge is 2.32. The summed E-state index contributed by atoms with van der Waals surface area (Å²) in [6, 6.07) is 8.43. The summed E-state index contributed by atoms with van der Waals surface area (Å²) < 4.78 is 1.24. The standard InChI is InChI=1S/C17H24OS/c1-12(2)10-17(18,11-13(3)4)15-7-5-6-14-8-9-19-16(14)15/h5-9,12-13,18H,10-11H2,1-4H3.